The van der Waals surface area contributed by atoms with Crippen molar-refractivity contribution in [3.8, 4) is 0 Å². The Balaban J connectivity index is 1.02. The minimum atomic E-state index is -3.64. The summed E-state index contributed by atoms with van der Waals surface area (Å²) in [7, 11) is 0. The van der Waals surface area contributed by atoms with Crippen molar-refractivity contribution in [2.45, 2.75) is 101 Å². The lowest BCUT2D eigenvalue weighted by atomic mass is 9.45. The molecular weight excluding hydrogens is 514 g/mol. The normalized spacial score (nSPS) is 43.3. The number of hydrogen-bond donors (Lipinski definition) is 1. The molecule has 0 aromatic carbocycles. The Morgan fingerprint density at radius 1 is 0.846 bits per heavy atom. The summed E-state index contributed by atoms with van der Waals surface area (Å²) in [5.41, 5.74) is -2.08. The number of esters is 3. The van der Waals surface area contributed by atoms with Gasteiger partial charge in [-0.1, -0.05) is 0 Å². The highest BCUT2D eigenvalue weighted by Gasteiger charge is 2.61. The van der Waals surface area contributed by atoms with Crippen LogP contribution in [-0.2, 0) is 33.4 Å². The largest absolute Gasteiger partial charge is 0.456 e. The van der Waals surface area contributed by atoms with Crippen molar-refractivity contribution >= 4 is 23.7 Å². The fraction of sp³-hybridized carbons (Fsp3) is 0.862. The van der Waals surface area contributed by atoms with E-state index in [0.717, 1.165) is 44.9 Å². The summed E-state index contributed by atoms with van der Waals surface area (Å²) in [5.74, 6) is -5.33. The average molecular weight is 553 g/mol. The molecule has 0 aromatic heterocycles. The Morgan fingerprint density at radius 3 is 2.08 bits per heavy atom. The van der Waals surface area contributed by atoms with Gasteiger partial charge in [0.15, 0.2) is 12.4 Å². The van der Waals surface area contributed by atoms with Gasteiger partial charge in [-0.05, 0) is 99.7 Å². The van der Waals surface area contributed by atoms with E-state index >= 15 is 0 Å². The third-order valence-electron chi connectivity index (χ3n) is 10.7. The van der Waals surface area contributed by atoms with Gasteiger partial charge in [0.1, 0.15) is 12.2 Å². The Morgan fingerprint density at radius 2 is 1.49 bits per heavy atom. The van der Waals surface area contributed by atoms with Crippen LogP contribution in [0.5, 0.6) is 0 Å². The van der Waals surface area contributed by atoms with Gasteiger partial charge in [-0.15, -0.1) is 0 Å². The first-order chi connectivity index (χ1) is 18.3. The second kappa shape index (κ2) is 9.21. The molecule has 0 amide bonds. The van der Waals surface area contributed by atoms with E-state index in [1.807, 2.05) is 0 Å². The van der Waals surface area contributed by atoms with Crippen LogP contribution in [0.1, 0.15) is 84.0 Å². The van der Waals surface area contributed by atoms with Crippen LogP contribution in [0.2, 0.25) is 0 Å². The number of Topliss-reactive ketones (excluding diaryl/α,β-unsaturated/α-hetero) is 1. The number of rotatable bonds is 9. The van der Waals surface area contributed by atoms with Crippen LogP contribution >= 0.6 is 0 Å². The molecule has 0 aromatic rings. The minimum absolute atomic E-state index is 0.0164. The maximum atomic E-state index is 13.4. The smallest absolute Gasteiger partial charge is 0.377 e. The standard InChI is InChI=1S/C29H38F2O8/c1-26(30,31)24(34)37-13-21(32)5-22-19-3-16-4-20(22)12-27(6-16,11-19)25(35)38-14-23(33)39-29-9-17-2-18(10-29)8-28(36,7-17)15-29/h16-20,22,36H,2-15H2,1H3. The molecule has 39 heavy (non-hydrogen) atoms. The number of alkyl halides is 2. The Kier molecular flexibility index (Phi) is 6.40. The molecule has 0 heterocycles. The number of carbonyl (C=O) groups excluding carboxylic acids is 4. The molecular formula is C29H38F2O8. The zero-order chi connectivity index (χ0) is 27.8. The summed E-state index contributed by atoms with van der Waals surface area (Å²) in [6, 6.07) is 0. The fourth-order valence-corrected chi connectivity index (χ4v) is 10.1. The van der Waals surface area contributed by atoms with Crippen LogP contribution in [0.3, 0.4) is 0 Å². The molecule has 8 aliphatic carbocycles. The van der Waals surface area contributed by atoms with Crippen molar-refractivity contribution in [2.75, 3.05) is 13.2 Å². The first kappa shape index (κ1) is 27.1. The first-order valence-corrected chi connectivity index (χ1v) is 14.4. The molecule has 0 spiro atoms. The van der Waals surface area contributed by atoms with Gasteiger partial charge in [-0.3, -0.25) is 9.59 Å². The van der Waals surface area contributed by atoms with Gasteiger partial charge in [-0.25, -0.2) is 9.59 Å². The Bertz CT molecular complexity index is 1040. The van der Waals surface area contributed by atoms with E-state index in [2.05, 4.69) is 4.74 Å². The monoisotopic (exact) mass is 552 g/mol. The van der Waals surface area contributed by atoms with Crippen molar-refractivity contribution < 1.29 is 47.3 Å². The second-order valence-corrected chi connectivity index (χ2v) is 14.0. The Hall–Kier alpha value is -2.10. The average Bonchev–Trinajstić information content (AvgIpc) is 2.80. The summed E-state index contributed by atoms with van der Waals surface area (Å²) in [5, 5.41) is 10.9. The van der Waals surface area contributed by atoms with Gasteiger partial charge < -0.3 is 19.3 Å². The van der Waals surface area contributed by atoms with Gasteiger partial charge in [0.05, 0.1) is 11.0 Å². The molecule has 0 saturated heterocycles. The molecule has 1 N–H and O–H groups in total. The summed E-state index contributed by atoms with van der Waals surface area (Å²) in [6.45, 7) is -0.675. The Labute approximate surface area is 226 Å². The van der Waals surface area contributed by atoms with Gasteiger partial charge in [-0.2, -0.15) is 8.78 Å². The molecule has 0 aliphatic heterocycles. The van der Waals surface area contributed by atoms with E-state index in [1.54, 1.807) is 0 Å². The molecule has 8 rings (SSSR count). The summed E-state index contributed by atoms with van der Waals surface area (Å²) in [4.78, 5) is 49.9. The van der Waals surface area contributed by atoms with Crippen LogP contribution in [0, 0.1) is 40.9 Å². The third kappa shape index (κ3) is 5.10. The van der Waals surface area contributed by atoms with Crippen molar-refractivity contribution in [1.29, 1.82) is 0 Å². The topological polar surface area (TPSA) is 116 Å². The van der Waals surface area contributed by atoms with Gasteiger partial charge in [0, 0.05) is 19.8 Å². The zero-order valence-electron chi connectivity index (χ0n) is 22.4. The fourth-order valence-electron chi connectivity index (χ4n) is 10.1. The van der Waals surface area contributed by atoms with E-state index in [1.165, 1.54) is 0 Å². The SMILES string of the molecule is CC(F)(F)C(=O)OCC(=O)CC1C2CC3CC1CC(C(=O)OCC(=O)OC14CC5CC(CC(O)(C5)C1)C4)(C3)C2. The third-order valence-corrected chi connectivity index (χ3v) is 10.7. The van der Waals surface area contributed by atoms with Crippen molar-refractivity contribution in [1.82, 2.24) is 0 Å². The molecule has 10 heteroatoms. The second-order valence-electron chi connectivity index (χ2n) is 14.0. The summed E-state index contributed by atoms with van der Waals surface area (Å²) in [6.07, 6.45) is 8.39. The highest BCUT2D eigenvalue weighted by Crippen LogP contribution is 2.63. The van der Waals surface area contributed by atoms with E-state index in [4.69, 9.17) is 9.47 Å². The number of ketones is 1. The lowest BCUT2D eigenvalue weighted by Crippen LogP contribution is -2.60. The molecule has 216 valence electrons. The van der Waals surface area contributed by atoms with Crippen LogP contribution in [-0.4, -0.2) is 59.1 Å². The molecule has 8 fully saturated rings. The van der Waals surface area contributed by atoms with Crippen LogP contribution in [0.25, 0.3) is 0 Å². The minimum Gasteiger partial charge on any atom is -0.456 e. The molecule has 4 unspecified atom stereocenters. The van der Waals surface area contributed by atoms with Gasteiger partial charge in [0.2, 0.25) is 0 Å². The van der Waals surface area contributed by atoms with Gasteiger partial charge in [0.25, 0.3) is 0 Å². The number of aliphatic hydroxyl groups is 1. The summed E-state index contributed by atoms with van der Waals surface area (Å²) < 4.78 is 42.0. The number of hydrogen-bond acceptors (Lipinski definition) is 8. The predicted octanol–water partition coefficient (Wildman–Crippen LogP) is 3.76. The molecule has 8 nitrogen and oxygen atoms in total. The number of halogens is 2. The van der Waals surface area contributed by atoms with Crippen molar-refractivity contribution in [3.63, 3.8) is 0 Å². The van der Waals surface area contributed by atoms with Crippen molar-refractivity contribution in [3.05, 3.63) is 0 Å². The lowest BCUT2D eigenvalue weighted by molar-refractivity contribution is -0.223. The van der Waals surface area contributed by atoms with E-state index in [0.29, 0.717) is 50.4 Å². The summed E-state index contributed by atoms with van der Waals surface area (Å²) >= 11 is 0. The number of carbonyl (C=O) groups is 4. The van der Waals surface area contributed by atoms with E-state index in [9.17, 15) is 33.1 Å². The number of ether oxygens (including phenoxy) is 3. The van der Waals surface area contributed by atoms with Crippen molar-refractivity contribution in [2.24, 2.45) is 40.9 Å². The van der Waals surface area contributed by atoms with Crippen LogP contribution in [0.4, 0.5) is 8.78 Å². The quantitative estimate of drug-likeness (QED) is 0.340. The molecule has 0 radical (unpaired) electrons. The zero-order valence-corrected chi connectivity index (χ0v) is 22.4. The maximum absolute atomic E-state index is 13.4. The van der Waals surface area contributed by atoms with E-state index < -0.39 is 53.5 Å². The highest BCUT2D eigenvalue weighted by molar-refractivity contribution is 5.85. The molecule has 8 saturated carbocycles. The first-order valence-electron chi connectivity index (χ1n) is 14.4. The molecule has 8 aliphatic rings. The van der Waals surface area contributed by atoms with Gasteiger partial charge >= 0.3 is 23.8 Å². The highest BCUT2D eigenvalue weighted by atomic mass is 19.3. The molecule has 4 atom stereocenters. The maximum Gasteiger partial charge on any atom is 0.377 e. The van der Waals surface area contributed by atoms with Crippen LogP contribution < -0.4 is 0 Å². The molecule has 8 bridgehead atoms. The van der Waals surface area contributed by atoms with E-state index in [-0.39, 0.29) is 30.1 Å². The predicted molar refractivity (Wildman–Crippen MR) is 130 cm³/mol. The van der Waals surface area contributed by atoms with Crippen LogP contribution in [0.15, 0.2) is 0 Å². The lowest BCUT2D eigenvalue weighted by Gasteiger charge is -2.59.